The molecule has 3 aromatic rings. The van der Waals surface area contributed by atoms with E-state index in [2.05, 4.69) is 20.3 Å². The van der Waals surface area contributed by atoms with Gasteiger partial charge in [0.1, 0.15) is 16.4 Å². The maximum absolute atomic E-state index is 15.7. The van der Waals surface area contributed by atoms with Gasteiger partial charge in [-0.2, -0.15) is 0 Å². The number of aromatic nitrogens is 4. The van der Waals surface area contributed by atoms with Crippen molar-refractivity contribution in [3.63, 3.8) is 0 Å². The number of carbonyl (C=O) groups is 2. The molecule has 4 rings (SSSR count). The molecule has 0 saturated carbocycles. The van der Waals surface area contributed by atoms with E-state index in [9.17, 15) is 9.59 Å². The molecule has 0 unspecified atom stereocenters. The first kappa shape index (κ1) is 26.6. The third-order valence-electron chi connectivity index (χ3n) is 5.83. The van der Waals surface area contributed by atoms with Crippen molar-refractivity contribution in [2.75, 3.05) is 31.6 Å². The number of anilines is 1. The highest BCUT2D eigenvalue weighted by molar-refractivity contribution is 6.29. The van der Waals surface area contributed by atoms with Gasteiger partial charge in [-0.25, -0.2) is 28.9 Å². The maximum Gasteiger partial charge on any atom is 0.410 e. The van der Waals surface area contributed by atoms with E-state index in [-0.39, 0.29) is 44.8 Å². The van der Waals surface area contributed by atoms with E-state index in [4.69, 9.17) is 21.1 Å². The summed E-state index contributed by atoms with van der Waals surface area (Å²) in [6, 6.07) is 3.40. The van der Waals surface area contributed by atoms with Gasteiger partial charge >= 0.3 is 12.1 Å². The van der Waals surface area contributed by atoms with Crippen LogP contribution in [0, 0.1) is 0 Å². The predicted molar refractivity (Wildman–Crippen MR) is 137 cm³/mol. The van der Waals surface area contributed by atoms with Crippen molar-refractivity contribution in [1.82, 2.24) is 24.3 Å². The molecule has 3 aromatic heterocycles. The molecular formula is C25H30ClFN6O4. The second-order valence-electron chi connectivity index (χ2n) is 9.89. The van der Waals surface area contributed by atoms with Crippen molar-refractivity contribution in [1.29, 1.82) is 0 Å². The number of fused-ring (bicyclic) bond motifs is 1. The summed E-state index contributed by atoms with van der Waals surface area (Å²) in [5, 5.41) is 3.38. The first-order chi connectivity index (χ1) is 17.5. The Kier molecular flexibility index (Phi) is 7.54. The van der Waals surface area contributed by atoms with E-state index in [1.165, 1.54) is 11.1 Å². The molecule has 0 bridgehead atoms. The summed E-state index contributed by atoms with van der Waals surface area (Å²) in [7, 11) is 0. The minimum absolute atomic E-state index is 0.0556. The lowest BCUT2D eigenvalue weighted by Gasteiger charge is -2.37. The molecular weight excluding hydrogens is 503 g/mol. The molecule has 10 nitrogen and oxygen atoms in total. The molecule has 1 saturated heterocycles. The Morgan fingerprint density at radius 2 is 1.95 bits per heavy atom. The van der Waals surface area contributed by atoms with Gasteiger partial charge in [-0.1, -0.05) is 11.6 Å². The SMILES string of the molecule is CCOC(=O)c1cn2cc(-c3ccnc(Cl)c3)nc(NCC3(F)CCN(C(=O)OC(C)(C)C)CC3)c2n1. The maximum atomic E-state index is 15.7. The molecule has 1 aliphatic rings. The number of piperidine rings is 1. The quantitative estimate of drug-likeness (QED) is 0.357. The van der Waals surface area contributed by atoms with E-state index in [1.54, 1.807) is 56.6 Å². The lowest BCUT2D eigenvalue weighted by Crippen LogP contribution is -2.48. The van der Waals surface area contributed by atoms with Crippen LogP contribution in [0.3, 0.4) is 0 Å². The summed E-state index contributed by atoms with van der Waals surface area (Å²) < 4.78 is 27.9. The Bertz CT molecular complexity index is 1300. The van der Waals surface area contributed by atoms with Gasteiger partial charge in [-0.05, 0) is 39.8 Å². The van der Waals surface area contributed by atoms with Crippen LogP contribution in [0.2, 0.25) is 5.15 Å². The number of hydrogen-bond acceptors (Lipinski definition) is 8. The monoisotopic (exact) mass is 532 g/mol. The van der Waals surface area contributed by atoms with Gasteiger partial charge in [0.15, 0.2) is 17.2 Å². The molecule has 1 aliphatic heterocycles. The van der Waals surface area contributed by atoms with Crippen LogP contribution in [0.15, 0.2) is 30.7 Å². The van der Waals surface area contributed by atoms with Gasteiger partial charge in [-0.15, -0.1) is 0 Å². The summed E-state index contributed by atoms with van der Waals surface area (Å²) in [4.78, 5) is 39.2. The van der Waals surface area contributed by atoms with Crippen LogP contribution in [-0.2, 0) is 9.47 Å². The molecule has 1 N–H and O–H groups in total. The Morgan fingerprint density at radius 3 is 2.59 bits per heavy atom. The number of alkyl halides is 1. The number of esters is 1. The van der Waals surface area contributed by atoms with Crippen LogP contribution in [0.4, 0.5) is 15.0 Å². The molecule has 0 aromatic carbocycles. The second kappa shape index (κ2) is 10.5. The summed E-state index contributed by atoms with van der Waals surface area (Å²) in [5.41, 5.74) is -0.518. The zero-order valence-electron chi connectivity index (χ0n) is 21.3. The van der Waals surface area contributed by atoms with E-state index in [0.29, 0.717) is 27.9 Å². The number of nitrogens with one attached hydrogen (secondary N) is 1. The zero-order valence-corrected chi connectivity index (χ0v) is 22.0. The summed E-state index contributed by atoms with van der Waals surface area (Å²) in [5.74, 6) is -0.269. The molecule has 0 aliphatic carbocycles. The highest BCUT2D eigenvalue weighted by Crippen LogP contribution is 2.30. The van der Waals surface area contributed by atoms with Crippen LogP contribution >= 0.6 is 11.6 Å². The molecule has 37 heavy (non-hydrogen) atoms. The molecule has 0 atom stereocenters. The topological polar surface area (TPSA) is 111 Å². The average molecular weight is 533 g/mol. The van der Waals surface area contributed by atoms with Crippen LogP contribution in [0.5, 0.6) is 0 Å². The minimum atomic E-state index is -1.58. The van der Waals surface area contributed by atoms with Crippen molar-refractivity contribution in [2.45, 2.75) is 51.8 Å². The van der Waals surface area contributed by atoms with Crippen LogP contribution in [0.25, 0.3) is 16.9 Å². The molecule has 1 amide bonds. The predicted octanol–water partition coefficient (Wildman–Crippen LogP) is 4.77. The van der Waals surface area contributed by atoms with E-state index in [1.807, 2.05) is 0 Å². The molecule has 198 valence electrons. The van der Waals surface area contributed by atoms with Crippen molar-refractivity contribution >= 4 is 35.1 Å². The highest BCUT2D eigenvalue weighted by Gasteiger charge is 2.37. The van der Waals surface area contributed by atoms with Crippen molar-refractivity contribution in [2.24, 2.45) is 0 Å². The number of halogens is 2. The van der Waals surface area contributed by atoms with Gasteiger partial charge in [-0.3, -0.25) is 0 Å². The van der Waals surface area contributed by atoms with Crippen molar-refractivity contribution in [3.05, 3.63) is 41.6 Å². The van der Waals surface area contributed by atoms with Gasteiger partial charge < -0.3 is 24.1 Å². The van der Waals surface area contributed by atoms with E-state index >= 15 is 4.39 Å². The zero-order chi connectivity index (χ0) is 26.8. The van der Waals surface area contributed by atoms with Crippen LogP contribution in [0.1, 0.15) is 51.0 Å². The van der Waals surface area contributed by atoms with E-state index < -0.39 is 23.3 Å². The Hall–Kier alpha value is -3.47. The molecule has 1 fully saturated rings. The molecule has 0 radical (unpaired) electrons. The normalized spacial score (nSPS) is 15.5. The number of ether oxygens (including phenoxy) is 2. The standard InChI is InChI=1S/C25H30ClFN6O4/c1-5-36-22(34)18-14-33-13-17(16-6-9-28-19(26)12-16)30-20(21(33)31-18)29-15-25(27)7-10-32(11-8-25)23(35)37-24(2,3)4/h6,9,12-14H,5,7-8,10-11,15H2,1-4H3,(H,29,30). The third-order valence-corrected chi connectivity index (χ3v) is 6.04. The smallest absolute Gasteiger partial charge is 0.410 e. The number of nitrogens with zero attached hydrogens (tertiary/aromatic N) is 5. The Balaban J connectivity index is 1.56. The second-order valence-corrected chi connectivity index (χ2v) is 10.3. The van der Waals surface area contributed by atoms with E-state index in [0.717, 1.165) is 0 Å². The number of rotatable bonds is 6. The van der Waals surface area contributed by atoms with Crippen molar-refractivity contribution < 1.29 is 23.5 Å². The largest absolute Gasteiger partial charge is 0.461 e. The first-order valence-electron chi connectivity index (χ1n) is 12.1. The fraction of sp³-hybridized carbons (Fsp3) is 0.480. The molecule has 0 spiro atoms. The summed E-state index contributed by atoms with van der Waals surface area (Å²) in [6.07, 6.45) is 4.63. The fourth-order valence-electron chi connectivity index (χ4n) is 3.96. The summed E-state index contributed by atoms with van der Waals surface area (Å²) in [6.45, 7) is 7.72. The van der Waals surface area contributed by atoms with Gasteiger partial charge in [0, 0.05) is 50.1 Å². The summed E-state index contributed by atoms with van der Waals surface area (Å²) >= 11 is 6.06. The highest BCUT2D eigenvalue weighted by atomic mass is 35.5. The van der Waals surface area contributed by atoms with Crippen LogP contribution < -0.4 is 5.32 Å². The Labute approximate surface area is 219 Å². The van der Waals surface area contributed by atoms with Gasteiger partial charge in [0.05, 0.1) is 18.8 Å². The van der Waals surface area contributed by atoms with Crippen molar-refractivity contribution in [3.8, 4) is 11.3 Å². The Morgan fingerprint density at radius 1 is 1.22 bits per heavy atom. The number of carbonyl (C=O) groups excluding carboxylic acids is 2. The fourth-order valence-corrected chi connectivity index (χ4v) is 4.13. The number of likely N-dealkylation sites (tertiary alicyclic amines) is 1. The third kappa shape index (κ3) is 6.46. The number of imidazole rings is 1. The first-order valence-corrected chi connectivity index (χ1v) is 12.4. The average Bonchev–Trinajstić information content (AvgIpc) is 3.27. The van der Waals surface area contributed by atoms with Crippen LogP contribution in [-0.4, -0.2) is 73.8 Å². The van der Waals surface area contributed by atoms with Gasteiger partial charge in [0.25, 0.3) is 0 Å². The number of hydrogen-bond donors (Lipinski definition) is 1. The lowest BCUT2D eigenvalue weighted by atomic mass is 9.93. The molecule has 12 heteroatoms. The number of amides is 1. The number of pyridine rings is 1. The molecule has 4 heterocycles. The van der Waals surface area contributed by atoms with Gasteiger partial charge in [0.2, 0.25) is 0 Å². The lowest BCUT2D eigenvalue weighted by molar-refractivity contribution is 0.00572. The minimum Gasteiger partial charge on any atom is -0.461 e.